The number of H-pyrrole nitrogens is 1. The van der Waals surface area contributed by atoms with Gasteiger partial charge in [-0.25, -0.2) is 0 Å². The lowest BCUT2D eigenvalue weighted by Gasteiger charge is -2.07. The third-order valence-electron chi connectivity index (χ3n) is 1.68. The van der Waals surface area contributed by atoms with Crippen molar-refractivity contribution in [1.82, 2.24) is 20.3 Å². The van der Waals surface area contributed by atoms with Crippen LogP contribution in [0.1, 0.15) is 12.1 Å². The molecule has 0 aliphatic carbocycles. The molecule has 0 fully saturated rings. The summed E-state index contributed by atoms with van der Waals surface area (Å²) >= 11 is 0. The highest BCUT2D eigenvalue weighted by molar-refractivity contribution is 5.80. The van der Waals surface area contributed by atoms with Crippen molar-refractivity contribution in [2.24, 2.45) is 0 Å². The second-order valence-electron chi connectivity index (χ2n) is 3.23. The molecule has 13 heavy (non-hydrogen) atoms. The van der Waals surface area contributed by atoms with E-state index in [2.05, 4.69) is 15.4 Å². The third-order valence-corrected chi connectivity index (χ3v) is 1.68. The zero-order valence-corrected chi connectivity index (χ0v) is 7.95. The lowest BCUT2D eigenvalue weighted by Crippen LogP contribution is -2.17. The molecule has 1 heterocycles. The second-order valence-corrected chi connectivity index (χ2v) is 3.23. The minimum absolute atomic E-state index is 0.197. The summed E-state index contributed by atoms with van der Waals surface area (Å²) in [6.07, 6.45) is 2.53. The summed E-state index contributed by atoms with van der Waals surface area (Å²) in [6.45, 7) is 0.788. The first-order valence-corrected chi connectivity index (χ1v) is 4.19. The maximum Gasteiger partial charge on any atom is 0.140 e. The quantitative estimate of drug-likeness (QED) is 0.689. The fraction of sp³-hybridized carbons (Fsp3) is 0.625. The summed E-state index contributed by atoms with van der Waals surface area (Å²) in [5.41, 5.74) is 0.712. The van der Waals surface area contributed by atoms with Gasteiger partial charge in [0, 0.05) is 13.0 Å². The van der Waals surface area contributed by atoms with Crippen LogP contribution in [0.4, 0.5) is 0 Å². The molecule has 0 aliphatic rings. The Bertz CT molecular complexity index is 255. The number of rotatable bonds is 5. The van der Waals surface area contributed by atoms with Crippen LogP contribution in [0.2, 0.25) is 0 Å². The number of carbonyl (C=O) groups is 1. The molecular weight excluding hydrogens is 168 g/mol. The van der Waals surface area contributed by atoms with E-state index in [0.29, 0.717) is 18.5 Å². The molecule has 0 saturated heterocycles. The van der Waals surface area contributed by atoms with Crippen LogP contribution < -0.4 is 0 Å². The van der Waals surface area contributed by atoms with Crippen LogP contribution in [0, 0.1) is 0 Å². The van der Waals surface area contributed by atoms with Crippen LogP contribution in [0.15, 0.2) is 6.20 Å². The van der Waals surface area contributed by atoms with E-state index in [-0.39, 0.29) is 5.78 Å². The SMILES string of the molecule is CN(C)CCC(=O)Cc1cn[nH]n1. The first kappa shape index (κ1) is 9.85. The van der Waals surface area contributed by atoms with Gasteiger partial charge >= 0.3 is 0 Å². The topological polar surface area (TPSA) is 61.9 Å². The Morgan fingerprint density at radius 2 is 2.38 bits per heavy atom. The monoisotopic (exact) mass is 182 g/mol. The fourth-order valence-electron chi connectivity index (χ4n) is 0.949. The first-order valence-electron chi connectivity index (χ1n) is 4.19. The molecular formula is C8H14N4O. The van der Waals surface area contributed by atoms with Crippen molar-refractivity contribution >= 4 is 5.78 Å². The van der Waals surface area contributed by atoms with Gasteiger partial charge < -0.3 is 4.90 Å². The molecule has 0 saturated carbocycles. The van der Waals surface area contributed by atoms with E-state index < -0.39 is 0 Å². The largest absolute Gasteiger partial charge is 0.309 e. The molecule has 5 nitrogen and oxygen atoms in total. The molecule has 0 atom stereocenters. The molecule has 0 radical (unpaired) electrons. The number of ketones is 1. The molecule has 0 bridgehead atoms. The summed E-state index contributed by atoms with van der Waals surface area (Å²) in [4.78, 5) is 13.3. The van der Waals surface area contributed by atoms with E-state index in [1.54, 1.807) is 6.20 Å². The Morgan fingerprint density at radius 3 is 2.92 bits per heavy atom. The molecule has 5 heteroatoms. The third kappa shape index (κ3) is 3.80. The van der Waals surface area contributed by atoms with Crippen molar-refractivity contribution < 1.29 is 4.79 Å². The molecule has 1 N–H and O–H groups in total. The Kier molecular flexibility index (Phi) is 3.57. The van der Waals surface area contributed by atoms with Gasteiger partial charge in [0.25, 0.3) is 0 Å². The molecule has 1 rings (SSSR count). The Balaban J connectivity index is 2.26. The average molecular weight is 182 g/mol. The number of nitrogens with zero attached hydrogens (tertiary/aromatic N) is 3. The van der Waals surface area contributed by atoms with Gasteiger partial charge in [0.2, 0.25) is 0 Å². The van der Waals surface area contributed by atoms with Gasteiger partial charge in [-0.2, -0.15) is 15.4 Å². The molecule has 0 aliphatic heterocycles. The van der Waals surface area contributed by atoms with Gasteiger partial charge in [-0.1, -0.05) is 0 Å². The Labute approximate surface area is 77.1 Å². The van der Waals surface area contributed by atoms with Crippen molar-refractivity contribution in [3.63, 3.8) is 0 Å². The summed E-state index contributed by atoms with van der Waals surface area (Å²) in [5.74, 6) is 0.197. The van der Waals surface area contributed by atoms with Crippen molar-refractivity contribution in [3.8, 4) is 0 Å². The predicted molar refractivity (Wildman–Crippen MR) is 48.3 cm³/mol. The van der Waals surface area contributed by atoms with Crippen LogP contribution in [-0.2, 0) is 11.2 Å². The minimum Gasteiger partial charge on any atom is -0.309 e. The number of nitrogens with one attached hydrogen (secondary N) is 1. The van der Waals surface area contributed by atoms with Gasteiger partial charge in [0.15, 0.2) is 0 Å². The van der Waals surface area contributed by atoms with Crippen molar-refractivity contribution in [2.75, 3.05) is 20.6 Å². The highest BCUT2D eigenvalue weighted by atomic mass is 16.1. The van der Waals surface area contributed by atoms with E-state index in [0.717, 1.165) is 6.54 Å². The van der Waals surface area contributed by atoms with Crippen molar-refractivity contribution in [1.29, 1.82) is 0 Å². The smallest absolute Gasteiger partial charge is 0.140 e. The second kappa shape index (κ2) is 4.71. The zero-order chi connectivity index (χ0) is 9.68. The van der Waals surface area contributed by atoms with Gasteiger partial charge in [-0.15, -0.1) is 0 Å². The summed E-state index contributed by atoms with van der Waals surface area (Å²) < 4.78 is 0. The number of aromatic nitrogens is 3. The normalized spacial score (nSPS) is 10.7. The maximum atomic E-state index is 11.3. The molecule has 0 spiro atoms. The molecule has 0 aromatic carbocycles. The Hall–Kier alpha value is -1.23. The van der Waals surface area contributed by atoms with Crippen LogP contribution in [-0.4, -0.2) is 46.7 Å². The van der Waals surface area contributed by atoms with Crippen molar-refractivity contribution in [2.45, 2.75) is 12.8 Å². The summed E-state index contributed by atoms with van der Waals surface area (Å²) in [7, 11) is 3.90. The van der Waals surface area contributed by atoms with Crippen LogP contribution in [0.25, 0.3) is 0 Å². The van der Waals surface area contributed by atoms with E-state index >= 15 is 0 Å². The van der Waals surface area contributed by atoms with E-state index in [1.165, 1.54) is 0 Å². The van der Waals surface area contributed by atoms with Gasteiger partial charge in [-0.3, -0.25) is 4.79 Å². The molecule has 72 valence electrons. The van der Waals surface area contributed by atoms with E-state index in [4.69, 9.17) is 0 Å². The highest BCUT2D eigenvalue weighted by Crippen LogP contribution is 1.95. The highest BCUT2D eigenvalue weighted by Gasteiger charge is 2.05. The van der Waals surface area contributed by atoms with Crippen LogP contribution >= 0.6 is 0 Å². The fourth-order valence-corrected chi connectivity index (χ4v) is 0.949. The van der Waals surface area contributed by atoms with Crippen LogP contribution in [0.5, 0.6) is 0 Å². The Morgan fingerprint density at radius 1 is 1.62 bits per heavy atom. The number of hydrogen-bond donors (Lipinski definition) is 1. The minimum atomic E-state index is 0.197. The number of carbonyl (C=O) groups excluding carboxylic acids is 1. The van der Waals surface area contributed by atoms with E-state index in [1.807, 2.05) is 19.0 Å². The zero-order valence-electron chi connectivity index (χ0n) is 7.95. The molecule has 0 amide bonds. The first-order chi connectivity index (χ1) is 6.18. The summed E-state index contributed by atoms with van der Waals surface area (Å²) in [5, 5.41) is 9.92. The van der Waals surface area contributed by atoms with Gasteiger partial charge in [0.1, 0.15) is 5.78 Å². The van der Waals surface area contributed by atoms with E-state index in [9.17, 15) is 4.79 Å². The molecule has 0 unspecified atom stereocenters. The number of hydrogen-bond acceptors (Lipinski definition) is 4. The van der Waals surface area contributed by atoms with Crippen molar-refractivity contribution in [3.05, 3.63) is 11.9 Å². The number of Topliss-reactive ketones (excluding diaryl/α,β-unsaturated/α-hetero) is 1. The molecule has 1 aromatic rings. The molecule has 1 aromatic heterocycles. The lowest BCUT2D eigenvalue weighted by molar-refractivity contribution is -0.118. The predicted octanol–water partition coefficient (Wildman–Crippen LogP) is -0.132. The average Bonchev–Trinajstić information content (AvgIpc) is 2.53. The van der Waals surface area contributed by atoms with Crippen LogP contribution in [0.3, 0.4) is 0 Å². The van der Waals surface area contributed by atoms with Gasteiger partial charge in [-0.05, 0) is 14.1 Å². The van der Waals surface area contributed by atoms with Gasteiger partial charge in [0.05, 0.1) is 18.3 Å². The lowest BCUT2D eigenvalue weighted by atomic mass is 10.2. The number of aromatic amines is 1. The maximum absolute atomic E-state index is 11.3. The standard InChI is InChI=1S/C8H14N4O/c1-12(2)4-3-8(13)5-7-6-9-11-10-7/h6H,3-5H2,1-2H3,(H,9,10,11). The summed E-state index contributed by atoms with van der Waals surface area (Å²) in [6, 6.07) is 0.